The summed E-state index contributed by atoms with van der Waals surface area (Å²) in [7, 11) is -3.61. The molecule has 0 atom stereocenters. The van der Waals surface area contributed by atoms with Crippen LogP contribution in [0.15, 0.2) is 11.1 Å². The van der Waals surface area contributed by atoms with E-state index in [0.29, 0.717) is 16.4 Å². The minimum absolute atomic E-state index is 0.124. The molecule has 0 saturated heterocycles. The zero-order valence-corrected chi connectivity index (χ0v) is 13.3. The van der Waals surface area contributed by atoms with Crippen LogP contribution in [-0.2, 0) is 16.6 Å². The Labute approximate surface area is 125 Å². The standard InChI is InChI=1S/C11H14N6O2S2/c1-6-5-17-11(13-6)20-9(16-17)4-12-21(18,19)10-7(2)14-15-8(10)3/h5,12H,4H2,1-3H3,(H,14,15). The predicted molar refractivity (Wildman–Crippen MR) is 77.7 cm³/mol. The van der Waals surface area contributed by atoms with Crippen LogP contribution in [-0.4, -0.2) is 33.2 Å². The van der Waals surface area contributed by atoms with E-state index < -0.39 is 10.0 Å². The van der Waals surface area contributed by atoms with Crippen molar-refractivity contribution in [1.29, 1.82) is 0 Å². The Kier molecular flexibility index (Phi) is 3.30. The van der Waals surface area contributed by atoms with E-state index in [1.165, 1.54) is 11.3 Å². The van der Waals surface area contributed by atoms with Gasteiger partial charge in [-0.05, 0) is 20.8 Å². The molecule has 0 aromatic carbocycles. The predicted octanol–water partition coefficient (Wildman–Crippen LogP) is 0.918. The first-order valence-corrected chi connectivity index (χ1v) is 8.50. The largest absolute Gasteiger partial charge is 0.281 e. The average molecular weight is 326 g/mol. The zero-order valence-electron chi connectivity index (χ0n) is 11.7. The molecule has 3 aromatic rings. The Balaban J connectivity index is 1.81. The summed E-state index contributed by atoms with van der Waals surface area (Å²) in [5.41, 5.74) is 1.85. The molecular weight excluding hydrogens is 312 g/mol. The first-order valence-electron chi connectivity index (χ1n) is 6.20. The number of imidazole rings is 1. The van der Waals surface area contributed by atoms with Gasteiger partial charge in [0.15, 0.2) is 0 Å². The van der Waals surface area contributed by atoms with Gasteiger partial charge in [0.05, 0.1) is 29.8 Å². The average Bonchev–Trinajstić information content (AvgIpc) is 3.00. The van der Waals surface area contributed by atoms with Crippen molar-refractivity contribution in [2.24, 2.45) is 0 Å². The topological polar surface area (TPSA) is 105 Å². The first-order chi connectivity index (χ1) is 9.87. The van der Waals surface area contributed by atoms with Crippen molar-refractivity contribution in [1.82, 2.24) is 29.5 Å². The van der Waals surface area contributed by atoms with Crippen molar-refractivity contribution in [2.45, 2.75) is 32.2 Å². The summed E-state index contributed by atoms with van der Waals surface area (Å²) in [6.45, 7) is 5.33. The molecule has 21 heavy (non-hydrogen) atoms. The summed E-state index contributed by atoms with van der Waals surface area (Å²) in [6.07, 6.45) is 1.80. The zero-order chi connectivity index (χ0) is 15.2. The van der Waals surface area contributed by atoms with Crippen LogP contribution >= 0.6 is 11.3 Å². The molecule has 0 aliphatic rings. The van der Waals surface area contributed by atoms with Gasteiger partial charge in [-0.2, -0.15) is 10.2 Å². The van der Waals surface area contributed by atoms with Crippen LogP contribution in [0.1, 0.15) is 22.1 Å². The van der Waals surface area contributed by atoms with Crippen LogP contribution in [0.5, 0.6) is 0 Å². The molecule has 0 aliphatic carbocycles. The Morgan fingerprint density at radius 3 is 2.76 bits per heavy atom. The molecule has 10 heteroatoms. The molecule has 0 saturated carbocycles. The number of H-pyrrole nitrogens is 1. The maximum absolute atomic E-state index is 12.3. The quantitative estimate of drug-likeness (QED) is 0.741. The summed E-state index contributed by atoms with van der Waals surface area (Å²) in [5.74, 6) is 0. The highest BCUT2D eigenvalue weighted by atomic mass is 32.2. The molecule has 8 nitrogen and oxygen atoms in total. The molecule has 0 amide bonds. The molecule has 3 rings (SSSR count). The van der Waals surface area contributed by atoms with Gasteiger partial charge in [-0.15, -0.1) is 0 Å². The van der Waals surface area contributed by atoms with Crippen molar-refractivity contribution < 1.29 is 8.42 Å². The van der Waals surface area contributed by atoms with E-state index in [2.05, 4.69) is 25.0 Å². The second kappa shape index (κ2) is 4.90. The maximum atomic E-state index is 12.3. The van der Waals surface area contributed by atoms with Crippen LogP contribution in [0.25, 0.3) is 4.96 Å². The Bertz CT molecular complexity index is 854. The fourth-order valence-corrected chi connectivity index (χ4v) is 4.39. The lowest BCUT2D eigenvalue weighted by Crippen LogP contribution is -2.24. The van der Waals surface area contributed by atoms with E-state index in [1.54, 1.807) is 24.6 Å². The molecule has 0 fully saturated rings. The lowest BCUT2D eigenvalue weighted by molar-refractivity contribution is 0.579. The van der Waals surface area contributed by atoms with Crippen LogP contribution in [0.2, 0.25) is 0 Å². The van der Waals surface area contributed by atoms with Crippen molar-refractivity contribution in [3.05, 3.63) is 28.3 Å². The van der Waals surface area contributed by atoms with E-state index in [9.17, 15) is 8.42 Å². The minimum atomic E-state index is -3.61. The Morgan fingerprint density at radius 1 is 1.38 bits per heavy atom. The van der Waals surface area contributed by atoms with Gasteiger partial charge in [0.25, 0.3) is 0 Å². The number of rotatable bonds is 4. The number of aromatic amines is 1. The summed E-state index contributed by atoms with van der Waals surface area (Å²) >= 11 is 1.35. The number of aromatic nitrogens is 5. The highest BCUT2D eigenvalue weighted by molar-refractivity contribution is 7.89. The van der Waals surface area contributed by atoms with Gasteiger partial charge in [-0.1, -0.05) is 11.3 Å². The van der Waals surface area contributed by atoms with Crippen molar-refractivity contribution >= 4 is 26.3 Å². The number of aryl methyl sites for hydroxylation is 3. The van der Waals surface area contributed by atoms with Crippen LogP contribution < -0.4 is 4.72 Å². The number of nitrogens with zero attached hydrogens (tertiary/aromatic N) is 4. The molecule has 2 N–H and O–H groups in total. The lowest BCUT2D eigenvalue weighted by Gasteiger charge is -2.04. The van der Waals surface area contributed by atoms with Crippen LogP contribution in [0.4, 0.5) is 0 Å². The summed E-state index contributed by atoms with van der Waals surface area (Å²) in [6, 6.07) is 0. The molecular formula is C11H14N6O2S2. The van der Waals surface area contributed by atoms with E-state index in [1.807, 2.05) is 6.92 Å². The van der Waals surface area contributed by atoms with Crippen LogP contribution in [0, 0.1) is 20.8 Å². The van der Waals surface area contributed by atoms with Crippen molar-refractivity contribution in [3.8, 4) is 0 Å². The van der Waals surface area contributed by atoms with Gasteiger partial charge in [0.2, 0.25) is 15.0 Å². The minimum Gasteiger partial charge on any atom is -0.281 e. The van der Waals surface area contributed by atoms with Gasteiger partial charge in [-0.25, -0.2) is 22.6 Å². The third-order valence-electron chi connectivity index (χ3n) is 2.95. The highest BCUT2D eigenvalue weighted by Crippen LogP contribution is 2.18. The second-order valence-corrected chi connectivity index (χ2v) is 7.44. The summed E-state index contributed by atoms with van der Waals surface area (Å²) in [5, 5.41) is 11.5. The molecule has 112 valence electrons. The molecule has 3 aromatic heterocycles. The van der Waals surface area contributed by atoms with E-state index in [4.69, 9.17) is 0 Å². The SMILES string of the molecule is Cc1cn2nc(CNS(=O)(=O)c3c(C)n[nH]c3C)sc2n1. The molecule has 0 radical (unpaired) electrons. The Hall–Kier alpha value is -1.78. The third kappa shape index (κ3) is 2.57. The summed E-state index contributed by atoms with van der Waals surface area (Å²) in [4.78, 5) is 5.22. The molecule has 0 spiro atoms. The van der Waals surface area contributed by atoms with Gasteiger partial charge in [-0.3, -0.25) is 5.10 Å². The number of fused-ring (bicyclic) bond motifs is 1. The van der Waals surface area contributed by atoms with E-state index >= 15 is 0 Å². The van der Waals surface area contributed by atoms with Crippen molar-refractivity contribution in [2.75, 3.05) is 0 Å². The van der Waals surface area contributed by atoms with Gasteiger partial charge in [0, 0.05) is 0 Å². The molecule has 0 bridgehead atoms. The maximum Gasteiger partial charge on any atom is 0.244 e. The monoisotopic (exact) mass is 326 g/mol. The second-order valence-electron chi connectivity index (χ2n) is 4.69. The molecule has 0 aliphatic heterocycles. The van der Waals surface area contributed by atoms with Gasteiger partial charge >= 0.3 is 0 Å². The van der Waals surface area contributed by atoms with Gasteiger partial charge < -0.3 is 0 Å². The van der Waals surface area contributed by atoms with Crippen LogP contribution in [0.3, 0.4) is 0 Å². The smallest absolute Gasteiger partial charge is 0.244 e. The van der Waals surface area contributed by atoms with E-state index in [0.717, 1.165) is 10.7 Å². The number of hydrogen-bond donors (Lipinski definition) is 2. The fraction of sp³-hybridized carbons (Fsp3) is 0.364. The highest BCUT2D eigenvalue weighted by Gasteiger charge is 2.22. The Morgan fingerprint density at radius 2 is 2.14 bits per heavy atom. The lowest BCUT2D eigenvalue weighted by atomic mass is 10.4. The number of hydrogen-bond acceptors (Lipinski definition) is 6. The number of nitrogens with one attached hydrogen (secondary N) is 2. The van der Waals surface area contributed by atoms with Gasteiger partial charge in [0.1, 0.15) is 9.90 Å². The molecule has 3 heterocycles. The summed E-state index contributed by atoms with van der Waals surface area (Å²) < 4.78 is 28.8. The van der Waals surface area contributed by atoms with E-state index in [-0.39, 0.29) is 11.4 Å². The van der Waals surface area contributed by atoms with Crippen molar-refractivity contribution in [3.63, 3.8) is 0 Å². The number of sulfonamides is 1. The third-order valence-corrected chi connectivity index (χ3v) is 5.53. The normalized spacial score (nSPS) is 12.3. The molecule has 0 unspecified atom stereocenters. The first kappa shape index (κ1) is 14.2. The fourth-order valence-electron chi connectivity index (χ4n) is 2.09.